The summed E-state index contributed by atoms with van der Waals surface area (Å²) in [7, 11) is 0. The summed E-state index contributed by atoms with van der Waals surface area (Å²) in [5.41, 5.74) is 22.0. The highest BCUT2D eigenvalue weighted by Gasteiger charge is 2.49. The van der Waals surface area contributed by atoms with Gasteiger partial charge in [-0.1, -0.05) is 421 Å². The van der Waals surface area contributed by atoms with Gasteiger partial charge in [-0.3, -0.25) is 0 Å². The topological polar surface area (TPSA) is 19.4 Å². The first-order chi connectivity index (χ1) is 74.4. The van der Waals surface area contributed by atoms with Crippen LogP contribution in [0.15, 0.2) is 388 Å². The third kappa shape index (κ3) is 17.7. The van der Waals surface area contributed by atoms with Crippen molar-refractivity contribution in [3.8, 4) is 22.3 Å². The van der Waals surface area contributed by atoms with Gasteiger partial charge in [-0.15, -0.1) is 0 Å². The number of fused-ring (bicyclic) bond motifs is 10. The standard InChI is InChI=1S/2C68H68BN3.H2/c2*1-65(2,3)48-27-34-52(35-28-48)71-60-38-31-50(67(7,8)9)41-57(60)69-58-42-51(68(10,11)12)32-39-61(58)72(53-36-29-49(30-37-53)66(4,5)6)63-44-55(43-62(71)64(63)69)70(54-33-26-45-20-16-17-23-47(45)40-54)59-25-19-18-24-56(59)46-21-14-13-15-22-46;/h2*13-44H,1-12H3;1H/i27D,28D,29D,30D,34D,35D,36D,37D;31D,32D,38D,39D,41D,42D;1+1. The lowest BCUT2D eigenvalue weighted by Gasteiger charge is -2.45. The minimum Gasteiger partial charge on any atom is -0.311 e. The van der Waals surface area contributed by atoms with E-state index in [4.69, 9.17) is 0 Å². The highest BCUT2D eigenvalue weighted by molar-refractivity contribution is 7.01. The molecule has 0 aromatic heterocycles. The van der Waals surface area contributed by atoms with Gasteiger partial charge < -0.3 is 29.4 Å². The van der Waals surface area contributed by atoms with Gasteiger partial charge in [0.2, 0.25) is 0 Å². The third-order valence-corrected chi connectivity index (χ3v) is 29.0. The van der Waals surface area contributed by atoms with E-state index >= 15 is 0 Å². The second kappa shape index (κ2) is 35.8. The monoisotopic (exact) mass is 1890 g/mol. The summed E-state index contributed by atoms with van der Waals surface area (Å²) in [5, 5.41) is 4.26. The largest absolute Gasteiger partial charge is 0.311 e. The van der Waals surface area contributed by atoms with Crippen molar-refractivity contribution >= 4 is 170 Å². The predicted octanol–water partition coefficient (Wildman–Crippen LogP) is 34.7. The molecule has 18 aromatic rings. The van der Waals surface area contributed by atoms with E-state index in [1.165, 1.54) is 0 Å². The van der Waals surface area contributed by atoms with Crippen LogP contribution in [0, 0.1) is 0 Å². The zero-order valence-electron chi connectivity index (χ0n) is 102. The Balaban J connectivity index is 0.000000189. The first-order valence-electron chi connectivity index (χ1n) is 57.8. The van der Waals surface area contributed by atoms with Crippen molar-refractivity contribution < 1.29 is 20.6 Å². The fourth-order valence-corrected chi connectivity index (χ4v) is 20.9. The summed E-state index contributed by atoms with van der Waals surface area (Å²) in [6, 6.07) is 105. The average Bonchev–Trinajstić information content (AvgIpc) is 0.677. The number of benzene rings is 18. The molecular formula is C136H138B2N6. The van der Waals surface area contributed by atoms with Crippen molar-refractivity contribution in [1.82, 2.24) is 0 Å². The van der Waals surface area contributed by atoms with Crippen LogP contribution in [0.1, 0.15) is 231 Å². The Morgan fingerprint density at radius 3 is 0.826 bits per heavy atom. The van der Waals surface area contributed by atoms with Gasteiger partial charge in [0.1, 0.15) is 0 Å². The number of hydrogen-bond donors (Lipinski definition) is 0. The maximum atomic E-state index is 10.5. The first kappa shape index (κ1) is 79.9. The van der Waals surface area contributed by atoms with Gasteiger partial charge in [0, 0.05) is 92.2 Å². The Hall–Kier alpha value is -14.6. The second-order valence-corrected chi connectivity index (χ2v) is 47.6. The van der Waals surface area contributed by atoms with Crippen LogP contribution in [0.5, 0.6) is 0 Å². The van der Waals surface area contributed by atoms with Gasteiger partial charge in [0.15, 0.2) is 0 Å². The Morgan fingerprint density at radius 2 is 0.493 bits per heavy atom. The smallest absolute Gasteiger partial charge is 0.252 e. The Morgan fingerprint density at radius 1 is 0.208 bits per heavy atom. The molecule has 4 aliphatic rings. The molecule has 0 saturated carbocycles. The molecule has 0 spiro atoms. The average molecular weight is 1890 g/mol. The summed E-state index contributed by atoms with van der Waals surface area (Å²) in [5.74, 6) is 0. The molecule has 18 aromatic carbocycles. The minimum absolute atomic E-state index is 0. The quantitative estimate of drug-likeness (QED) is 0.113. The fraction of sp³-hybridized carbons (Fsp3) is 0.235. The van der Waals surface area contributed by atoms with Gasteiger partial charge in [-0.05, 0) is 287 Å². The van der Waals surface area contributed by atoms with E-state index < -0.39 is 35.1 Å². The van der Waals surface area contributed by atoms with Crippen molar-refractivity contribution in [2.45, 2.75) is 209 Å². The lowest BCUT2D eigenvalue weighted by atomic mass is 9.33. The van der Waals surface area contributed by atoms with E-state index in [1.54, 1.807) is 0 Å². The predicted molar refractivity (Wildman–Crippen MR) is 628 cm³/mol. The number of hydrogen-bond acceptors (Lipinski definition) is 6. The molecule has 0 radical (unpaired) electrons. The van der Waals surface area contributed by atoms with Gasteiger partial charge in [0.05, 0.1) is 41.9 Å². The van der Waals surface area contributed by atoms with E-state index in [1.807, 2.05) is 141 Å². The lowest BCUT2D eigenvalue weighted by molar-refractivity contribution is 0.590. The van der Waals surface area contributed by atoms with Crippen molar-refractivity contribution in [2.75, 3.05) is 29.4 Å². The van der Waals surface area contributed by atoms with E-state index in [0.717, 1.165) is 139 Å². The summed E-state index contributed by atoms with van der Waals surface area (Å²) in [6.45, 7) is 48.4. The molecular weight excluding hydrogens is 1740 g/mol. The van der Waals surface area contributed by atoms with E-state index in [9.17, 15) is 19.2 Å². The molecule has 0 atom stereocenters. The zero-order chi connectivity index (χ0) is 113. The lowest BCUT2D eigenvalue weighted by Crippen LogP contribution is -2.61. The molecule has 6 nitrogen and oxygen atoms in total. The zero-order valence-corrected chi connectivity index (χ0v) is 87.7. The molecule has 0 amide bonds. The van der Waals surface area contributed by atoms with Crippen LogP contribution in [-0.4, -0.2) is 13.4 Å². The van der Waals surface area contributed by atoms with E-state index in [2.05, 4.69) is 357 Å². The molecule has 4 heterocycles. The maximum absolute atomic E-state index is 10.5. The Bertz CT molecular complexity index is 8510. The van der Waals surface area contributed by atoms with Gasteiger partial charge in [-0.2, -0.15) is 0 Å². The highest BCUT2D eigenvalue weighted by atomic mass is 15.2. The molecule has 0 N–H and O–H groups in total. The van der Waals surface area contributed by atoms with Crippen LogP contribution in [0.25, 0.3) is 43.8 Å². The number of anilines is 18. The number of rotatable bonds is 12. The molecule has 0 fully saturated rings. The first-order valence-corrected chi connectivity index (χ1v) is 50.8. The van der Waals surface area contributed by atoms with Crippen LogP contribution < -0.4 is 62.2 Å². The third-order valence-electron chi connectivity index (χ3n) is 29.0. The fourth-order valence-electron chi connectivity index (χ4n) is 20.9. The van der Waals surface area contributed by atoms with Crippen LogP contribution >= 0.6 is 0 Å². The summed E-state index contributed by atoms with van der Waals surface area (Å²) >= 11 is 0. The van der Waals surface area contributed by atoms with E-state index in [0.29, 0.717) is 73.0 Å². The number of nitrogens with zero attached hydrogens (tertiary/aromatic N) is 6. The molecule has 0 saturated heterocycles. The maximum Gasteiger partial charge on any atom is 0.252 e. The molecule has 4 aliphatic heterocycles. The van der Waals surface area contributed by atoms with Crippen molar-refractivity contribution in [3.05, 3.63) is 432 Å². The van der Waals surface area contributed by atoms with Crippen LogP contribution in [0.4, 0.5) is 102 Å². The van der Waals surface area contributed by atoms with Gasteiger partial charge >= 0.3 is 0 Å². The molecule has 0 aliphatic carbocycles. The van der Waals surface area contributed by atoms with Gasteiger partial charge in [-0.25, -0.2) is 0 Å². The summed E-state index contributed by atoms with van der Waals surface area (Å²) < 4.78 is 141. The Labute approximate surface area is 879 Å². The van der Waals surface area contributed by atoms with Crippen molar-refractivity contribution in [3.63, 3.8) is 0 Å². The molecule has 0 bridgehead atoms. The summed E-state index contributed by atoms with van der Waals surface area (Å²) in [6.07, 6.45) is 0. The number of para-hydroxylation sites is 2. The molecule has 0 unspecified atom stereocenters. The van der Waals surface area contributed by atoms with E-state index in [-0.39, 0.29) is 119 Å². The van der Waals surface area contributed by atoms with Crippen LogP contribution in [0.3, 0.4) is 0 Å². The van der Waals surface area contributed by atoms with Crippen molar-refractivity contribution in [1.29, 1.82) is 0 Å². The molecule has 718 valence electrons. The SMILES string of the molecule is [2HH].[2H]c1c([2H])c(C(C)(C)C)c([2H])c([2H])c1N1c2ccc(C(C)(C)C)cc2B2c3cc(C(C)(C)C)ccc3N(c3c([2H])c([2H])c(C(C)(C)C)c([2H])c3[2H])c3cc(N(c4ccc5ccccc5c4)c4ccccc4-c4ccccc4)cc1c32.[2H]c1c([2H])c(C(C)(C)C)c([2H])c2c1N(c1ccc(C(C)(C)C)cc1)c1cc(N(c3ccc4ccccc4c3)c3ccccc3-c3ccccc3)cc3c1B2c1c([2H])c(C(C)(C)C)c([2H])c([2H])c1N3c1ccc(C(C)(C)C)cc1. The van der Waals surface area contributed by atoms with Crippen LogP contribution in [0.2, 0.25) is 0 Å². The molecule has 8 heteroatoms. The second-order valence-electron chi connectivity index (χ2n) is 47.6. The molecule has 22 rings (SSSR count). The summed E-state index contributed by atoms with van der Waals surface area (Å²) in [4.78, 5) is 12.6. The van der Waals surface area contributed by atoms with Crippen LogP contribution in [-0.2, 0) is 43.3 Å². The van der Waals surface area contributed by atoms with Crippen molar-refractivity contribution in [2.24, 2.45) is 0 Å². The highest BCUT2D eigenvalue weighted by Crippen LogP contribution is 2.55. The molecule has 144 heavy (non-hydrogen) atoms. The van der Waals surface area contributed by atoms with Gasteiger partial charge in [0.25, 0.3) is 13.4 Å². The minimum atomic E-state index is -0.855. The normalized spacial score (nSPS) is 14.8. The Kier molecular flexibility index (Phi) is 19.8.